The maximum absolute atomic E-state index is 7.33. The van der Waals surface area contributed by atoms with Crippen molar-refractivity contribution in [3.8, 4) is 0 Å². The van der Waals surface area contributed by atoms with Crippen LogP contribution in [0.2, 0.25) is 0 Å². The molecule has 5 heteroatoms. The minimum Gasteiger partial charge on any atom is -0.516 e. The molecule has 0 bridgehead atoms. The van der Waals surface area contributed by atoms with Crippen LogP contribution in [0.15, 0.2) is 51.4 Å². The molecule has 0 aliphatic carbocycles. The smallest absolute Gasteiger partial charge is 0.0719 e. The Morgan fingerprint density at radius 3 is 0.538 bits per heavy atom. The molecule has 0 unspecified atom stereocenters. The Kier molecular flexibility index (Phi) is 293. The third-order valence-electron chi connectivity index (χ3n) is 0. The minimum atomic E-state index is 0. The van der Waals surface area contributed by atoms with Crippen LogP contribution in [-0.2, 0) is 21.7 Å². The van der Waals surface area contributed by atoms with Crippen LogP contribution >= 0.6 is 0 Å². The van der Waals surface area contributed by atoms with Gasteiger partial charge in [0.1, 0.15) is 0 Å². The summed E-state index contributed by atoms with van der Waals surface area (Å²) in [5.74, 6) is 0. The molecule has 0 radical (unpaired) electrons. The Labute approximate surface area is 93.7 Å². The number of aliphatic hydroxyl groups is 4. The number of hydrogen-bond donors (Lipinski definition) is 4. The number of aliphatic hydroxyl groups excluding tert-OH is 4. The van der Waals surface area contributed by atoms with Gasteiger partial charge in [-0.15, -0.1) is 0 Å². The van der Waals surface area contributed by atoms with Gasteiger partial charge in [0.05, 0.1) is 25.0 Å². The molecule has 0 rings (SSSR count). The van der Waals surface area contributed by atoms with Crippen molar-refractivity contribution in [2.45, 2.75) is 0 Å². The first kappa shape index (κ1) is 29.7. The van der Waals surface area contributed by atoms with E-state index in [9.17, 15) is 0 Å². The first-order valence-corrected chi connectivity index (χ1v) is 2.67. The minimum absolute atomic E-state index is 0. The molecule has 0 fully saturated rings. The molecule has 76 valence electrons. The van der Waals surface area contributed by atoms with Gasteiger partial charge in [-0.2, -0.15) is 0 Å². The van der Waals surface area contributed by atoms with Crippen LogP contribution in [0, 0.1) is 0 Å². The van der Waals surface area contributed by atoms with E-state index in [1.165, 1.54) is 0 Å². The summed E-state index contributed by atoms with van der Waals surface area (Å²) >= 11 is 0. The molecule has 0 aliphatic heterocycles. The van der Waals surface area contributed by atoms with Crippen LogP contribution in [0.4, 0.5) is 0 Å². The van der Waals surface area contributed by atoms with Crippen molar-refractivity contribution in [3.05, 3.63) is 51.4 Å². The van der Waals surface area contributed by atoms with Crippen molar-refractivity contribution in [1.82, 2.24) is 0 Å². The van der Waals surface area contributed by atoms with Gasteiger partial charge in [-0.05, 0) is 0 Å². The van der Waals surface area contributed by atoms with Crippen LogP contribution in [0.25, 0.3) is 0 Å². The van der Waals surface area contributed by atoms with Crippen LogP contribution in [-0.4, -0.2) is 20.4 Å². The summed E-state index contributed by atoms with van der Waals surface area (Å²) in [4.78, 5) is 0. The normalized spacial score (nSPS) is 3.69. The topological polar surface area (TPSA) is 80.9 Å². The molecule has 0 spiro atoms. The predicted octanol–water partition coefficient (Wildman–Crippen LogP) is 2.75. The van der Waals surface area contributed by atoms with Crippen LogP contribution in [0.1, 0.15) is 0 Å². The average molecular weight is 224 g/mol. The van der Waals surface area contributed by atoms with Gasteiger partial charge in [-0.1, -0.05) is 26.3 Å². The largest absolute Gasteiger partial charge is 0.516 e. The van der Waals surface area contributed by atoms with Gasteiger partial charge >= 0.3 is 0 Å². The standard InChI is InChI=1S/4C2H4O.Ti/c4*1-2-3;/h4*2-3H,1H2;. The molecule has 0 saturated carbocycles. The van der Waals surface area contributed by atoms with E-state index in [0.29, 0.717) is 0 Å². The summed E-state index contributed by atoms with van der Waals surface area (Å²) in [6, 6.07) is 0. The molecule has 4 N–H and O–H groups in total. The van der Waals surface area contributed by atoms with Gasteiger partial charge in [0, 0.05) is 21.7 Å². The second-order valence-corrected chi connectivity index (χ2v) is 0.730. The fourth-order valence-corrected chi connectivity index (χ4v) is 0. The molecular weight excluding hydrogens is 208 g/mol. The average Bonchev–Trinajstić information content (AvgIpc) is 1.92. The second kappa shape index (κ2) is 128. The van der Waals surface area contributed by atoms with Crippen molar-refractivity contribution in [1.29, 1.82) is 0 Å². The zero-order valence-electron chi connectivity index (χ0n) is 7.43. The van der Waals surface area contributed by atoms with E-state index < -0.39 is 0 Å². The summed E-state index contributed by atoms with van der Waals surface area (Å²) in [6.07, 6.45) is 3.00. The maximum atomic E-state index is 7.33. The van der Waals surface area contributed by atoms with Gasteiger partial charge in [0.2, 0.25) is 0 Å². The Bertz CT molecular complexity index is 70.1. The molecule has 4 nitrogen and oxygen atoms in total. The zero-order valence-corrected chi connectivity index (χ0v) is 8.99. The Morgan fingerprint density at radius 1 is 0.538 bits per heavy atom. The monoisotopic (exact) mass is 224 g/mol. The Balaban J connectivity index is -0.0000000213. The first-order valence-electron chi connectivity index (χ1n) is 2.67. The second-order valence-electron chi connectivity index (χ2n) is 0.730. The SMILES string of the molecule is C=CO.C=CO.C=CO.C=CO.[Ti]. The first-order chi connectivity index (χ1) is 5.66. The van der Waals surface area contributed by atoms with E-state index in [1.807, 2.05) is 0 Å². The molecule has 0 aromatic carbocycles. The molecule has 0 amide bonds. The Hall–Kier alpha value is -1.13. The summed E-state index contributed by atoms with van der Waals surface area (Å²) in [5.41, 5.74) is 0. The van der Waals surface area contributed by atoms with Gasteiger partial charge in [0.25, 0.3) is 0 Å². The fraction of sp³-hybridized carbons (Fsp3) is 0. The summed E-state index contributed by atoms with van der Waals surface area (Å²) in [7, 11) is 0. The quantitative estimate of drug-likeness (QED) is 0.376. The third-order valence-corrected chi connectivity index (χ3v) is 0. The molecule has 0 aromatic rings. The zero-order chi connectivity index (χ0) is 10.8. The summed E-state index contributed by atoms with van der Waals surface area (Å²) in [6.45, 7) is 11.7. The van der Waals surface area contributed by atoms with E-state index in [0.717, 1.165) is 25.0 Å². The van der Waals surface area contributed by atoms with Gasteiger partial charge in [-0.3, -0.25) is 0 Å². The predicted molar refractivity (Wildman–Crippen MR) is 51.3 cm³/mol. The van der Waals surface area contributed by atoms with E-state index >= 15 is 0 Å². The van der Waals surface area contributed by atoms with Crippen LogP contribution < -0.4 is 0 Å². The molecule has 13 heavy (non-hydrogen) atoms. The van der Waals surface area contributed by atoms with E-state index in [1.54, 1.807) is 0 Å². The summed E-state index contributed by atoms with van der Waals surface area (Å²) < 4.78 is 0. The Morgan fingerprint density at radius 2 is 0.538 bits per heavy atom. The van der Waals surface area contributed by atoms with Crippen LogP contribution in [0.5, 0.6) is 0 Å². The third kappa shape index (κ3) is 676. The van der Waals surface area contributed by atoms with Crippen LogP contribution in [0.3, 0.4) is 0 Å². The molecule has 0 aliphatic rings. The van der Waals surface area contributed by atoms with E-state index in [4.69, 9.17) is 20.4 Å². The van der Waals surface area contributed by atoms with Crippen molar-refractivity contribution < 1.29 is 42.1 Å². The van der Waals surface area contributed by atoms with Gasteiger partial charge in [0.15, 0.2) is 0 Å². The maximum Gasteiger partial charge on any atom is 0.0719 e. The summed E-state index contributed by atoms with van der Waals surface area (Å²) in [5, 5.41) is 29.3. The van der Waals surface area contributed by atoms with Gasteiger partial charge in [-0.25, -0.2) is 0 Å². The number of rotatable bonds is 0. The van der Waals surface area contributed by atoms with Crippen molar-refractivity contribution in [2.24, 2.45) is 0 Å². The van der Waals surface area contributed by atoms with E-state index in [-0.39, 0.29) is 21.7 Å². The number of hydrogen-bond acceptors (Lipinski definition) is 4. The van der Waals surface area contributed by atoms with Gasteiger partial charge < -0.3 is 20.4 Å². The molecule has 0 atom stereocenters. The fourth-order valence-electron chi connectivity index (χ4n) is 0. The van der Waals surface area contributed by atoms with Crippen molar-refractivity contribution in [3.63, 3.8) is 0 Å². The van der Waals surface area contributed by atoms with Crippen molar-refractivity contribution >= 4 is 0 Å². The molecular formula is C8H16O4Ti. The van der Waals surface area contributed by atoms with E-state index in [2.05, 4.69) is 26.3 Å². The molecule has 0 heterocycles. The molecule has 0 saturated heterocycles. The van der Waals surface area contributed by atoms with Crippen molar-refractivity contribution in [2.75, 3.05) is 0 Å². The molecule has 0 aromatic heterocycles.